The van der Waals surface area contributed by atoms with Gasteiger partial charge in [0.15, 0.2) is 0 Å². The van der Waals surface area contributed by atoms with Crippen LogP contribution in [0.3, 0.4) is 0 Å². The molecule has 1 aliphatic carbocycles. The standard InChI is InChI=1S/C23H23Cl2N3O2/c24-16-9-11-17(12-10-16)28-13-21(26-22(28)18-6-2-3-7-19(18)25)23(30)27-20-8-4-1-5-15(20)14-29/h2-3,6-7,9-13,15,20,29H,1,4-5,8,14H2,(H,27,30). The predicted molar refractivity (Wildman–Crippen MR) is 119 cm³/mol. The smallest absolute Gasteiger partial charge is 0.271 e. The summed E-state index contributed by atoms with van der Waals surface area (Å²) in [6.07, 6.45) is 5.64. The zero-order valence-electron chi connectivity index (χ0n) is 16.4. The van der Waals surface area contributed by atoms with Crippen molar-refractivity contribution >= 4 is 29.1 Å². The summed E-state index contributed by atoms with van der Waals surface area (Å²) in [4.78, 5) is 17.6. The van der Waals surface area contributed by atoms with Gasteiger partial charge in [-0.25, -0.2) is 4.98 Å². The molecule has 0 spiro atoms. The number of nitrogens with one attached hydrogen (secondary N) is 1. The first-order valence-corrected chi connectivity index (χ1v) is 10.8. The van der Waals surface area contributed by atoms with E-state index in [0.717, 1.165) is 36.9 Å². The van der Waals surface area contributed by atoms with Crippen LogP contribution in [0, 0.1) is 5.92 Å². The van der Waals surface area contributed by atoms with E-state index >= 15 is 0 Å². The number of benzene rings is 2. The summed E-state index contributed by atoms with van der Waals surface area (Å²) in [7, 11) is 0. The van der Waals surface area contributed by atoms with Crippen molar-refractivity contribution in [1.82, 2.24) is 14.9 Å². The van der Waals surface area contributed by atoms with E-state index in [1.807, 2.05) is 34.9 Å². The van der Waals surface area contributed by atoms with Crippen molar-refractivity contribution in [2.75, 3.05) is 6.61 Å². The molecule has 1 amide bonds. The molecule has 2 unspecified atom stereocenters. The molecule has 1 aromatic heterocycles. The molecular formula is C23H23Cl2N3O2. The van der Waals surface area contributed by atoms with Crippen molar-refractivity contribution in [2.45, 2.75) is 31.7 Å². The zero-order valence-corrected chi connectivity index (χ0v) is 17.9. The Kier molecular flexibility index (Phi) is 6.42. The average molecular weight is 444 g/mol. The van der Waals surface area contributed by atoms with Crippen molar-refractivity contribution < 1.29 is 9.90 Å². The van der Waals surface area contributed by atoms with Crippen molar-refractivity contribution in [2.24, 2.45) is 5.92 Å². The van der Waals surface area contributed by atoms with Gasteiger partial charge < -0.3 is 10.4 Å². The van der Waals surface area contributed by atoms with E-state index < -0.39 is 0 Å². The van der Waals surface area contributed by atoms with E-state index in [4.69, 9.17) is 23.2 Å². The fraction of sp³-hybridized carbons (Fsp3) is 0.304. The second kappa shape index (κ2) is 9.21. The van der Waals surface area contributed by atoms with Gasteiger partial charge in [0.2, 0.25) is 0 Å². The number of carbonyl (C=O) groups excluding carboxylic acids is 1. The Morgan fingerprint density at radius 1 is 1.10 bits per heavy atom. The molecule has 1 aliphatic rings. The Balaban J connectivity index is 1.71. The molecule has 2 aromatic carbocycles. The van der Waals surface area contributed by atoms with Crippen LogP contribution in [0.4, 0.5) is 0 Å². The number of halogens is 2. The van der Waals surface area contributed by atoms with Crippen LogP contribution in [0.15, 0.2) is 54.7 Å². The van der Waals surface area contributed by atoms with E-state index in [0.29, 0.717) is 21.6 Å². The lowest BCUT2D eigenvalue weighted by molar-refractivity contribution is 0.0868. The lowest BCUT2D eigenvalue weighted by Crippen LogP contribution is -2.43. The van der Waals surface area contributed by atoms with Gasteiger partial charge in [-0.05, 0) is 49.2 Å². The molecule has 2 atom stereocenters. The minimum atomic E-state index is -0.249. The highest BCUT2D eigenvalue weighted by atomic mass is 35.5. The molecule has 1 saturated carbocycles. The molecule has 4 rings (SSSR count). The SMILES string of the molecule is O=C(NC1CCCCC1CO)c1cn(-c2ccc(Cl)cc2)c(-c2ccccc2Cl)n1. The van der Waals surface area contributed by atoms with E-state index in [2.05, 4.69) is 10.3 Å². The van der Waals surface area contributed by atoms with Crippen LogP contribution in [0.25, 0.3) is 17.1 Å². The van der Waals surface area contributed by atoms with Crippen LogP contribution in [-0.4, -0.2) is 33.2 Å². The number of rotatable bonds is 5. The molecule has 30 heavy (non-hydrogen) atoms. The van der Waals surface area contributed by atoms with Crippen molar-refractivity contribution in [3.8, 4) is 17.1 Å². The molecule has 0 bridgehead atoms. The van der Waals surface area contributed by atoms with E-state index in [1.54, 1.807) is 24.4 Å². The number of hydrogen-bond acceptors (Lipinski definition) is 3. The van der Waals surface area contributed by atoms with Crippen LogP contribution < -0.4 is 5.32 Å². The second-order valence-electron chi connectivity index (χ2n) is 7.58. The number of nitrogens with zero attached hydrogens (tertiary/aromatic N) is 2. The maximum Gasteiger partial charge on any atom is 0.271 e. The molecule has 1 fully saturated rings. The van der Waals surface area contributed by atoms with Gasteiger partial charge in [0.25, 0.3) is 5.91 Å². The first kappa shape index (κ1) is 20.9. The first-order valence-electron chi connectivity index (χ1n) is 10.1. The Hall–Kier alpha value is -2.34. The van der Waals surface area contributed by atoms with Crippen LogP contribution in [0.2, 0.25) is 10.0 Å². The van der Waals surface area contributed by atoms with Crippen molar-refractivity contribution in [3.05, 3.63) is 70.5 Å². The Morgan fingerprint density at radius 3 is 2.57 bits per heavy atom. The quantitative estimate of drug-likeness (QED) is 0.574. The van der Waals surface area contributed by atoms with Gasteiger partial charge in [-0.2, -0.15) is 0 Å². The number of carbonyl (C=O) groups is 1. The summed E-state index contributed by atoms with van der Waals surface area (Å²) in [6, 6.07) is 14.7. The molecule has 0 saturated heterocycles. The average Bonchev–Trinajstić information content (AvgIpc) is 3.20. The molecule has 156 valence electrons. The monoisotopic (exact) mass is 443 g/mol. The number of imidazole rings is 1. The fourth-order valence-electron chi connectivity index (χ4n) is 3.98. The fourth-order valence-corrected chi connectivity index (χ4v) is 4.33. The topological polar surface area (TPSA) is 67.2 Å². The maximum atomic E-state index is 13.0. The van der Waals surface area contributed by atoms with Crippen molar-refractivity contribution in [3.63, 3.8) is 0 Å². The minimum absolute atomic E-state index is 0.0410. The summed E-state index contributed by atoms with van der Waals surface area (Å²) in [5, 5.41) is 13.9. The lowest BCUT2D eigenvalue weighted by Gasteiger charge is -2.30. The molecule has 5 nitrogen and oxygen atoms in total. The molecule has 1 heterocycles. The Morgan fingerprint density at radius 2 is 1.83 bits per heavy atom. The normalized spacial score (nSPS) is 18.9. The van der Waals surface area contributed by atoms with Crippen LogP contribution in [0.1, 0.15) is 36.2 Å². The highest BCUT2D eigenvalue weighted by Crippen LogP contribution is 2.30. The van der Waals surface area contributed by atoms with Gasteiger partial charge in [-0.1, -0.05) is 48.2 Å². The van der Waals surface area contributed by atoms with Gasteiger partial charge in [-0.15, -0.1) is 0 Å². The zero-order chi connectivity index (χ0) is 21.1. The van der Waals surface area contributed by atoms with Crippen LogP contribution in [-0.2, 0) is 0 Å². The third-order valence-electron chi connectivity index (χ3n) is 5.62. The number of hydrogen-bond donors (Lipinski definition) is 2. The van der Waals surface area contributed by atoms with Crippen LogP contribution >= 0.6 is 23.2 Å². The van der Waals surface area contributed by atoms with E-state index in [-0.39, 0.29) is 24.5 Å². The van der Waals surface area contributed by atoms with Gasteiger partial charge in [0.05, 0.1) is 5.02 Å². The third kappa shape index (κ3) is 4.38. The minimum Gasteiger partial charge on any atom is -0.396 e. The highest BCUT2D eigenvalue weighted by molar-refractivity contribution is 6.33. The van der Waals surface area contributed by atoms with Crippen LogP contribution in [0.5, 0.6) is 0 Å². The second-order valence-corrected chi connectivity index (χ2v) is 8.43. The Labute approximate surface area is 185 Å². The van der Waals surface area contributed by atoms with Gasteiger partial charge in [0.1, 0.15) is 11.5 Å². The predicted octanol–water partition coefficient (Wildman–Crippen LogP) is 5.13. The van der Waals surface area contributed by atoms with Gasteiger partial charge in [0, 0.05) is 41.0 Å². The highest BCUT2D eigenvalue weighted by Gasteiger charge is 2.27. The summed E-state index contributed by atoms with van der Waals surface area (Å²) >= 11 is 12.5. The van der Waals surface area contributed by atoms with Gasteiger partial charge in [-0.3, -0.25) is 9.36 Å². The summed E-state index contributed by atoms with van der Waals surface area (Å²) in [5.41, 5.74) is 1.87. The summed E-state index contributed by atoms with van der Waals surface area (Å²) in [5.74, 6) is 0.417. The number of aliphatic hydroxyl groups excluding tert-OH is 1. The lowest BCUT2D eigenvalue weighted by atomic mass is 9.85. The largest absolute Gasteiger partial charge is 0.396 e. The molecular weight excluding hydrogens is 421 g/mol. The molecule has 2 N–H and O–H groups in total. The number of aliphatic hydroxyl groups is 1. The first-order chi connectivity index (χ1) is 14.6. The molecule has 3 aromatic rings. The van der Waals surface area contributed by atoms with E-state index in [9.17, 15) is 9.90 Å². The number of aromatic nitrogens is 2. The van der Waals surface area contributed by atoms with Gasteiger partial charge >= 0.3 is 0 Å². The van der Waals surface area contributed by atoms with Crippen molar-refractivity contribution in [1.29, 1.82) is 0 Å². The summed E-state index contributed by atoms with van der Waals surface area (Å²) < 4.78 is 1.84. The molecule has 0 aliphatic heterocycles. The number of amides is 1. The Bertz CT molecular complexity index is 1030. The maximum absolute atomic E-state index is 13.0. The molecule has 7 heteroatoms. The molecule has 0 radical (unpaired) electrons. The third-order valence-corrected chi connectivity index (χ3v) is 6.20. The summed E-state index contributed by atoms with van der Waals surface area (Å²) in [6.45, 7) is 0.0784. The van der Waals surface area contributed by atoms with E-state index in [1.165, 1.54) is 0 Å².